The van der Waals surface area contributed by atoms with E-state index in [1.54, 1.807) is 6.92 Å². The summed E-state index contributed by atoms with van der Waals surface area (Å²) in [6.07, 6.45) is 4.70. The second kappa shape index (κ2) is 5.77. The zero-order valence-corrected chi connectivity index (χ0v) is 11.9. The van der Waals surface area contributed by atoms with E-state index in [1.165, 1.54) is 0 Å². The predicted molar refractivity (Wildman–Crippen MR) is 72.5 cm³/mol. The monoisotopic (exact) mass is 279 g/mol. The largest absolute Gasteiger partial charge is 0.462 e. The summed E-state index contributed by atoms with van der Waals surface area (Å²) in [5.41, 5.74) is -0.196. The van der Waals surface area contributed by atoms with E-state index in [0.29, 0.717) is 18.4 Å². The summed E-state index contributed by atoms with van der Waals surface area (Å²) in [5.74, 6) is -0.873. The quantitative estimate of drug-likeness (QED) is 0.360. The van der Waals surface area contributed by atoms with Crippen LogP contribution in [0.15, 0.2) is 12.2 Å². The van der Waals surface area contributed by atoms with Gasteiger partial charge in [0.25, 0.3) is 0 Å². The van der Waals surface area contributed by atoms with E-state index >= 15 is 0 Å². The summed E-state index contributed by atoms with van der Waals surface area (Å²) in [5, 5.41) is 2.47. The molecule has 1 heterocycles. The van der Waals surface area contributed by atoms with Gasteiger partial charge >= 0.3 is 5.97 Å². The average molecular weight is 279 g/mol. The number of amides is 2. The van der Waals surface area contributed by atoms with Crippen LogP contribution in [-0.2, 0) is 19.1 Å². The molecule has 1 N–H and O–H groups in total. The molecule has 2 fully saturated rings. The lowest BCUT2D eigenvalue weighted by Gasteiger charge is -2.35. The van der Waals surface area contributed by atoms with Crippen LogP contribution in [-0.4, -0.2) is 24.4 Å². The average Bonchev–Trinajstić information content (AvgIpc) is 2.67. The number of hydrogen-bond acceptors (Lipinski definition) is 4. The molecular weight excluding hydrogens is 258 g/mol. The molecule has 2 aliphatic rings. The summed E-state index contributed by atoms with van der Waals surface area (Å²) in [7, 11) is 0. The van der Waals surface area contributed by atoms with Gasteiger partial charge < -0.3 is 4.74 Å². The lowest BCUT2D eigenvalue weighted by molar-refractivity contribution is -0.139. The SMILES string of the molecule is C=C(C)C(=O)OCCCC12CCCCC1C(=O)NC2=O. The molecule has 0 aromatic heterocycles. The fourth-order valence-corrected chi connectivity index (χ4v) is 3.31. The Labute approximate surface area is 118 Å². The van der Waals surface area contributed by atoms with Gasteiger partial charge in [0, 0.05) is 5.57 Å². The molecule has 0 radical (unpaired) electrons. The van der Waals surface area contributed by atoms with Crippen molar-refractivity contribution in [3.8, 4) is 0 Å². The first kappa shape index (κ1) is 14.8. The number of esters is 1. The molecule has 2 unspecified atom stereocenters. The molecule has 0 aromatic rings. The Hall–Kier alpha value is -1.65. The number of carbonyl (C=O) groups is 3. The van der Waals surface area contributed by atoms with E-state index < -0.39 is 11.4 Å². The minimum atomic E-state index is -0.565. The third kappa shape index (κ3) is 2.62. The van der Waals surface area contributed by atoms with E-state index in [1.807, 2.05) is 0 Å². The third-order valence-electron chi connectivity index (χ3n) is 4.39. The number of nitrogens with one attached hydrogen (secondary N) is 1. The van der Waals surface area contributed by atoms with E-state index in [4.69, 9.17) is 4.74 Å². The van der Waals surface area contributed by atoms with E-state index in [9.17, 15) is 14.4 Å². The second-order valence-electron chi connectivity index (χ2n) is 5.79. The molecule has 5 heteroatoms. The predicted octanol–water partition coefficient (Wildman–Crippen LogP) is 1.72. The molecule has 0 spiro atoms. The maximum atomic E-state index is 12.1. The van der Waals surface area contributed by atoms with Gasteiger partial charge in [-0.3, -0.25) is 14.9 Å². The van der Waals surface area contributed by atoms with Gasteiger partial charge in [-0.05, 0) is 32.6 Å². The Bertz CT molecular complexity index is 457. The Morgan fingerprint density at radius 2 is 2.20 bits per heavy atom. The number of fused-ring (bicyclic) bond motifs is 1. The highest BCUT2D eigenvalue weighted by Crippen LogP contribution is 2.48. The standard InChI is InChI=1S/C15H21NO4/c1-10(2)13(18)20-9-5-8-15-7-4-3-6-11(15)12(17)16-14(15)19/h11H,1,3-9H2,2H3,(H,16,17,19). The fourth-order valence-electron chi connectivity index (χ4n) is 3.31. The molecule has 0 aromatic carbocycles. The van der Waals surface area contributed by atoms with Gasteiger partial charge in [0.05, 0.1) is 17.9 Å². The molecule has 5 nitrogen and oxygen atoms in total. The molecule has 1 aliphatic heterocycles. The van der Waals surface area contributed by atoms with Crippen LogP contribution in [0.1, 0.15) is 45.4 Å². The smallest absolute Gasteiger partial charge is 0.333 e. The third-order valence-corrected chi connectivity index (χ3v) is 4.39. The molecule has 20 heavy (non-hydrogen) atoms. The van der Waals surface area contributed by atoms with Crippen molar-refractivity contribution in [3.05, 3.63) is 12.2 Å². The van der Waals surface area contributed by atoms with Crippen molar-refractivity contribution < 1.29 is 19.1 Å². The Morgan fingerprint density at radius 1 is 1.45 bits per heavy atom. The maximum Gasteiger partial charge on any atom is 0.333 e. The van der Waals surface area contributed by atoms with Crippen LogP contribution in [0.25, 0.3) is 0 Å². The van der Waals surface area contributed by atoms with Crippen molar-refractivity contribution >= 4 is 17.8 Å². The second-order valence-corrected chi connectivity index (χ2v) is 5.79. The molecular formula is C15H21NO4. The number of carbonyl (C=O) groups excluding carboxylic acids is 3. The van der Waals surface area contributed by atoms with Crippen molar-refractivity contribution in [2.45, 2.75) is 45.4 Å². The number of rotatable bonds is 5. The summed E-state index contributed by atoms with van der Waals surface area (Å²) in [4.78, 5) is 35.2. The molecule has 0 bridgehead atoms. The van der Waals surface area contributed by atoms with Crippen LogP contribution in [0, 0.1) is 11.3 Å². The van der Waals surface area contributed by atoms with Crippen molar-refractivity contribution in [2.24, 2.45) is 11.3 Å². The highest BCUT2D eigenvalue weighted by Gasteiger charge is 2.55. The first-order chi connectivity index (χ1) is 9.47. The van der Waals surface area contributed by atoms with Crippen LogP contribution >= 0.6 is 0 Å². The first-order valence-electron chi connectivity index (χ1n) is 7.15. The molecule has 2 amide bonds. The summed E-state index contributed by atoms with van der Waals surface area (Å²) in [6, 6.07) is 0. The first-order valence-corrected chi connectivity index (χ1v) is 7.15. The van der Waals surface area contributed by atoms with Gasteiger partial charge in [0.15, 0.2) is 0 Å². The lowest BCUT2D eigenvalue weighted by Crippen LogP contribution is -2.37. The normalized spacial score (nSPS) is 28.8. The fraction of sp³-hybridized carbons (Fsp3) is 0.667. The van der Waals surface area contributed by atoms with Crippen LogP contribution < -0.4 is 5.32 Å². The zero-order valence-electron chi connectivity index (χ0n) is 11.9. The number of hydrogen-bond donors (Lipinski definition) is 1. The van der Waals surface area contributed by atoms with Crippen molar-refractivity contribution in [1.29, 1.82) is 0 Å². The van der Waals surface area contributed by atoms with Crippen LogP contribution in [0.2, 0.25) is 0 Å². The summed E-state index contributed by atoms with van der Waals surface area (Å²) < 4.78 is 5.05. The summed E-state index contributed by atoms with van der Waals surface area (Å²) >= 11 is 0. The Morgan fingerprint density at radius 3 is 2.90 bits per heavy atom. The van der Waals surface area contributed by atoms with Crippen LogP contribution in [0.4, 0.5) is 0 Å². The van der Waals surface area contributed by atoms with E-state index in [-0.39, 0.29) is 24.3 Å². The van der Waals surface area contributed by atoms with Crippen LogP contribution in [0.5, 0.6) is 0 Å². The molecule has 2 atom stereocenters. The Balaban J connectivity index is 1.92. The highest BCUT2D eigenvalue weighted by molar-refractivity contribution is 6.07. The highest BCUT2D eigenvalue weighted by atomic mass is 16.5. The van der Waals surface area contributed by atoms with Crippen molar-refractivity contribution in [2.75, 3.05) is 6.61 Å². The van der Waals surface area contributed by atoms with Gasteiger partial charge in [0.2, 0.25) is 11.8 Å². The molecule has 1 saturated carbocycles. The van der Waals surface area contributed by atoms with Gasteiger partial charge in [-0.15, -0.1) is 0 Å². The molecule has 1 aliphatic carbocycles. The maximum absolute atomic E-state index is 12.1. The Kier molecular flexibility index (Phi) is 4.26. The van der Waals surface area contributed by atoms with E-state index in [0.717, 1.165) is 25.7 Å². The number of ether oxygens (including phenoxy) is 1. The molecule has 110 valence electrons. The van der Waals surface area contributed by atoms with Gasteiger partial charge in [0.1, 0.15) is 0 Å². The minimum absolute atomic E-state index is 0.131. The van der Waals surface area contributed by atoms with Crippen LogP contribution in [0.3, 0.4) is 0 Å². The molecule has 2 rings (SSSR count). The molecule has 1 saturated heterocycles. The lowest BCUT2D eigenvalue weighted by atomic mass is 9.65. The minimum Gasteiger partial charge on any atom is -0.462 e. The van der Waals surface area contributed by atoms with Gasteiger partial charge in [-0.1, -0.05) is 19.4 Å². The van der Waals surface area contributed by atoms with Crippen molar-refractivity contribution in [1.82, 2.24) is 5.32 Å². The van der Waals surface area contributed by atoms with E-state index in [2.05, 4.69) is 11.9 Å². The zero-order chi connectivity index (χ0) is 14.8. The number of imide groups is 1. The van der Waals surface area contributed by atoms with Gasteiger partial charge in [-0.25, -0.2) is 4.79 Å². The summed E-state index contributed by atoms with van der Waals surface area (Å²) in [6.45, 7) is 5.38. The van der Waals surface area contributed by atoms with Gasteiger partial charge in [-0.2, -0.15) is 0 Å². The van der Waals surface area contributed by atoms with Crippen molar-refractivity contribution in [3.63, 3.8) is 0 Å². The topological polar surface area (TPSA) is 72.5 Å².